The van der Waals surface area contributed by atoms with Crippen molar-refractivity contribution in [1.82, 2.24) is 5.32 Å². The summed E-state index contributed by atoms with van der Waals surface area (Å²) in [5.74, 6) is -0.322. The van der Waals surface area contributed by atoms with Gasteiger partial charge in [-0.25, -0.2) is 8.42 Å². The number of fused-ring (bicyclic) bond motifs is 1. The quantitative estimate of drug-likeness (QED) is 0.633. The molecule has 0 unspecified atom stereocenters. The molecule has 0 spiro atoms. The van der Waals surface area contributed by atoms with E-state index >= 15 is 0 Å². The standard InChI is InChI=1S/C24H31ClN2O3S/c1-5-22(27(31(4,29)30)23-15-21(25)13-10-16(23)2)24(28)26-17(3)19-12-11-18-8-6-7-9-20(18)14-19/h10-15,17,22H,5-9H2,1-4H3,(H,26,28)/t17-,22-/m1/s1. The van der Waals surface area contributed by atoms with E-state index in [1.165, 1.54) is 28.3 Å². The first-order valence-corrected chi connectivity index (χ1v) is 13.0. The summed E-state index contributed by atoms with van der Waals surface area (Å²) in [6.45, 7) is 5.56. The fraction of sp³-hybridized carbons (Fsp3) is 0.458. The zero-order valence-electron chi connectivity index (χ0n) is 18.6. The molecule has 168 valence electrons. The molecule has 1 N–H and O–H groups in total. The van der Waals surface area contributed by atoms with Gasteiger partial charge in [-0.15, -0.1) is 0 Å². The molecule has 0 heterocycles. The maximum Gasteiger partial charge on any atom is 0.244 e. The molecule has 5 nitrogen and oxygen atoms in total. The largest absolute Gasteiger partial charge is 0.348 e. The third-order valence-electron chi connectivity index (χ3n) is 5.97. The Balaban J connectivity index is 1.87. The van der Waals surface area contributed by atoms with Crippen LogP contribution in [0.15, 0.2) is 36.4 Å². The number of anilines is 1. The molecule has 0 saturated heterocycles. The number of nitrogens with zero attached hydrogens (tertiary/aromatic N) is 1. The highest BCUT2D eigenvalue weighted by molar-refractivity contribution is 7.92. The fourth-order valence-electron chi connectivity index (χ4n) is 4.27. The molecule has 2 aromatic carbocycles. The average Bonchev–Trinajstić information content (AvgIpc) is 2.72. The molecular weight excluding hydrogens is 432 g/mol. The molecule has 7 heteroatoms. The van der Waals surface area contributed by atoms with Crippen LogP contribution in [0, 0.1) is 6.92 Å². The lowest BCUT2D eigenvalue weighted by atomic mass is 9.89. The van der Waals surface area contributed by atoms with Crippen LogP contribution >= 0.6 is 11.6 Å². The molecule has 0 radical (unpaired) electrons. The van der Waals surface area contributed by atoms with Gasteiger partial charge in [-0.3, -0.25) is 9.10 Å². The summed E-state index contributed by atoms with van der Waals surface area (Å²) < 4.78 is 26.6. The molecule has 1 amide bonds. The summed E-state index contributed by atoms with van der Waals surface area (Å²) in [5.41, 5.74) is 4.94. The van der Waals surface area contributed by atoms with Crippen LogP contribution in [0.1, 0.15) is 61.4 Å². The van der Waals surface area contributed by atoms with Crippen molar-refractivity contribution >= 4 is 33.2 Å². The maximum atomic E-state index is 13.3. The number of sulfonamides is 1. The Kier molecular flexibility index (Phi) is 7.32. The highest BCUT2D eigenvalue weighted by Gasteiger charge is 2.33. The van der Waals surface area contributed by atoms with Crippen molar-refractivity contribution in [2.24, 2.45) is 0 Å². The van der Waals surface area contributed by atoms with Crippen LogP contribution < -0.4 is 9.62 Å². The van der Waals surface area contributed by atoms with Crippen molar-refractivity contribution in [2.45, 2.75) is 65.0 Å². The average molecular weight is 463 g/mol. The number of hydrogen-bond donors (Lipinski definition) is 1. The lowest BCUT2D eigenvalue weighted by Gasteiger charge is -2.32. The zero-order valence-corrected chi connectivity index (χ0v) is 20.2. The summed E-state index contributed by atoms with van der Waals surface area (Å²) in [6.07, 6.45) is 6.05. The Morgan fingerprint density at radius 2 is 1.81 bits per heavy atom. The Bertz CT molecular complexity index is 1070. The second kappa shape index (κ2) is 9.61. The van der Waals surface area contributed by atoms with Crippen molar-refractivity contribution < 1.29 is 13.2 Å². The van der Waals surface area contributed by atoms with Crippen LogP contribution in [-0.4, -0.2) is 26.6 Å². The minimum absolute atomic E-state index is 0.226. The van der Waals surface area contributed by atoms with Gasteiger partial charge >= 0.3 is 0 Å². The van der Waals surface area contributed by atoms with Gasteiger partial charge in [-0.1, -0.05) is 42.8 Å². The normalized spacial score (nSPS) is 15.6. The van der Waals surface area contributed by atoms with Gasteiger partial charge in [0.15, 0.2) is 0 Å². The number of carbonyl (C=O) groups is 1. The highest BCUT2D eigenvalue weighted by atomic mass is 35.5. The Hall–Kier alpha value is -2.05. The number of nitrogens with one attached hydrogen (secondary N) is 1. The first-order valence-electron chi connectivity index (χ1n) is 10.8. The van der Waals surface area contributed by atoms with E-state index in [0.29, 0.717) is 17.1 Å². The van der Waals surface area contributed by atoms with Crippen LogP contribution in [0.3, 0.4) is 0 Å². The molecular formula is C24H31ClN2O3S. The first-order chi connectivity index (χ1) is 14.6. The van der Waals surface area contributed by atoms with E-state index in [0.717, 1.165) is 30.2 Å². The second-order valence-electron chi connectivity index (χ2n) is 8.38. The second-order valence-corrected chi connectivity index (χ2v) is 10.7. The molecule has 1 aliphatic carbocycles. The monoisotopic (exact) mass is 462 g/mol. The van der Waals surface area contributed by atoms with Crippen LogP contribution in [-0.2, 0) is 27.7 Å². The van der Waals surface area contributed by atoms with E-state index in [1.54, 1.807) is 18.2 Å². The van der Waals surface area contributed by atoms with Gasteiger partial charge in [0.25, 0.3) is 0 Å². The number of carbonyl (C=O) groups excluding carboxylic acids is 1. The lowest BCUT2D eigenvalue weighted by molar-refractivity contribution is -0.122. The van der Waals surface area contributed by atoms with E-state index < -0.39 is 16.1 Å². The van der Waals surface area contributed by atoms with Crippen molar-refractivity contribution in [3.63, 3.8) is 0 Å². The molecule has 31 heavy (non-hydrogen) atoms. The Morgan fingerprint density at radius 3 is 2.45 bits per heavy atom. The third kappa shape index (κ3) is 5.42. The fourth-order valence-corrected chi connectivity index (χ4v) is 5.70. The van der Waals surface area contributed by atoms with Crippen molar-refractivity contribution in [3.8, 4) is 0 Å². The number of benzene rings is 2. The molecule has 0 fully saturated rings. The molecule has 0 bridgehead atoms. The van der Waals surface area contributed by atoms with Gasteiger partial charge < -0.3 is 5.32 Å². The minimum Gasteiger partial charge on any atom is -0.348 e. The molecule has 0 aliphatic heterocycles. The van der Waals surface area contributed by atoms with Crippen molar-refractivity contribution in [1.29, 1.82) is 0 Å². The van der Waals surface area contributed by atoms with Gasteiger partial charge in [0.1, 0.15) is 6.04 Å². The van der Waals surface area contributed by atoms with Crippen LogP contribution in [0.4, 0.5) is 5.69 Å². The molecule has 0 aromatic heterocycles. The van der Waals surface area contributed by atoms with Gasteiger partial charge in [0.05, 0.1) is 18.0 Å². The molecule has 3 rings (SSSR count). The number of aryl methyl sites for hydroxylation is 3. The van der Waals surface area contributed by atoms with E-state index in [4.69, 9.17) is 11.6 Å². The van der Waals surface area contributed by atoms with Crippen LogP contribution in [0.25, 0.3) is 0 Å². The van der Waals surface area contributed by atoms with Gasteiger partial charge in [0, 0.05) is 5.02 Å². The SMILES string of the molecule is CC[C@H](C(=O)N[C@H](C)c1ccc2c(c1)CCCC2)N(c1cc(Cl)ccc1C)S(C)(=O)=O. The van der Waals surface area contributed by atoms with Gasteiger partial charge in [-0.05, 0) is 80.3 Å². The molecule has 2 aromatic rings. The summed E-state index contributed by atoms with van der Waals surface area (Å²) in [5, 5.41) is 3.46. The van der Waals surface area contributed by atoms with E-state index in [2.05, 4.69) is 23.5 Å². The number of rotatable bonds is 7. The summed E-state index contributed by atoms with van der Waals surface area (Å²) in [7, 11) is -3.71. The Labute approximate surface area is 190 Å². The summed E-state index contributed by atoms with van der Waals surface area (Å²) in [4.78, 5) is 13.3. The number of amides is 1. The first kappa shape index (κ1) is 23.6. The van der Waals surface area contributed by atoms with E-state index in [1.807, 2.05) is 20.8 Å². The smallest absolute Gasteiger partial charge is 0.244 e. The zero-order chi connectivity index (χ0) is 22.8. The Morgan fingerprint density at radius 1 is 1.13 bits per heavy atom. The molecule has 2 atom stereocenters. The van der Waals surface area contributed by atoms with Gasteiger partial charge in [0.2, 0.25) is 15.9 Å². The van der Waals surface area contributed by atoms with E-state index in [9.17, 15) is 13.2 Å². The predicted octanol–water partition coefficient (Wildman–Crippen LogP) is 4.95. The summed E-state index contributed by atoms with van der Waals surface area (Å²) in [6, 6.07) is 10.4. The topological polar surface area (TPSA) is 66.5 Å². The van der Waals surface area contributed by atoms with Crippen molar-refractivity contribution in [3.05, 3.63) is 63.7 Å². The molecule has 0 saturated carbocycles. The predicted molar refractivity (Wildman–Crippen MR) is 127 cm³/mol. The lowest BCUT2D eigenvalue weighted by Crippen LogP contribution is -2.50. The number of hydrogen-bond acceptors (Lipinski definition) is 3. The van der Waals surface area contributed by atoms with Crippen molar-refractivity contribution in [2.75, 3.05) is 10.6 Å². The third-order valence-corrected chi connectivity index (χ3v) is 7.37. The highest BCUT2D eigenvalue weighted by Crippen LogP contribution is 2.30. The van der Waals surface area contributed by atoms with Crippen LogP contribution in [0.5, 0.6) is 0 Å². The number of halogens is 1. The van der Waals surface area contributed by atoms with Gasteiger partial charge in [-0.2, -0.15) is 0 Å². The molecule has 1 aliphatic rings. The minimum atomic E-state index is -3.71. The van der Waals surface area contributed by atoms with Crippen LogP contribution in [0.2, 0.25) is 5.02 Å². The maximum absolute atomic E-state index is 13.3. The summed E-state index contributed by atoms with van der Waals surface area (Å²) >= 11 is 6.14. The van der Waals surface area contributed by atoms with E-state index in [-0.39, 0.29) is 11.9 Å².